The molecule has 0 aromatic rings. The predicted molar refractivity (Wildman–Crippen MR) is 38.1 cm³/mol. The van der Waals surface area contributed by atoms with Gasteiger partial charge in [0, 0.05) is 5.57 Å². The molecule has 0 aliphatic rings. The third-order valence-electron chi connectivity index (χ3n) is 0.584. The van der Waals surface area contributed by atoms with E-state index in [-0.39, 0.29) is 5.97 Å². The quantitative estimate of drug-likeness (QED) is 0.411. The van der Waals surface area contributed by atoms with E-state index < -0.39 is 0 Å². The lowest BCUT2D eigenvalue weighted by atomic mass is 10.4. The van der Waals surface area contributed by atoms with Gasteiger partial charge in [0.2, 0.25) is 0 Å². The van der Waals surface area contributed by atoms with Crippen LogP contribution < -0.4 is 0 Å². The monoisotopic (exact) mass is 152 g/mol. The first kappa shape index (κ1) is 11.9. The Balaban J connectivity index is 0. The fourth-order valence-corrected chi connectivity index (χ4v) is 0.174. The SMILES string of the molecule is C=C(C)C(=O)OC.N#CC#N. The molecule has 0 unspecified atom stereocenters. The van der Waals surface area contributed by atoms with Gasteiger partial charge >= 0.3 is 5.97 Å². The first-order valence-electron chi connectivity index (χ1n) is 2.62. The summed E-state index contributed by atoms with van der Waals surface area (Å²) in [4.78, 5) is 10.2. The summed E-state index contributed by atoms with van der Waals surface area (Å²) in [5, 5.41) is 14.5. The van der Waals surface area contributed by atoms with Crippen LogP contribution >= 0.6 is 0 Å². The molecule has 0 atom stereocenters. The van der Waals surface area contributed by atoms with Crippen molar-refractivity contribution in [1.29, 1.82) is 10.5 Å². The molecular formula is C7H8N2O2. The molecule has 4 nitrogen and oxygen atoms in total. The maximum atomic E-state index is 10.2. The van der Waals surface area contributed by atoms with Gasteiger partial charge in [-0.2, -0.15) is 10.5 Å². The fraction of sp³-hybridized carbons (Fsp3) is 0.286. The van der Waals surface area contributed by atoms with Crippen LogP contribution in [0, 0.1) is 22.7 Å². The van der Waals surface area contributed by atoms with Crippen molar-refractivity contribution >= 4 is 5.97 Å². The van der Waals surface area contributed by atoms with Gasteiger partial charge in [-0.15, -0.1) is 0 Å². The number of carbonyl (C=O) groups is 1. The van der Waals surface area contributed by atoms with Crippen molar-refractivity contribution in [3.63, 3.8) is 0 Å². The molecule has 0 aromatic carbocycles. The topological polar surface area (TPSA) is 73.9 Å². The Morgan fingerprint density at radius 2 is 1.82 bits per heavy atom. The van der Waals surface area contributed by atoms with Crippen molar-refractivity contribution in [1.82, 2.24) is 0 Å². The standard InChI is InChI=1S/C5H8O2.C2N2/c1-4(2)5(6)7-3;3-1-2-4/h1H2,2-3H3;. The molecule has 0 aliphatic heterocycles. The van der Waals surface area contributed by atoms with E-state index in [4.69, 9.17) is 10.5 Å². The number of nitriles is 2. The molecule has 11 heavy (non-hydrogen) atoms. The molecule has 0 fully saturated rings. The first-order valence-corrected chi connectivity index (χ1v) is 2.62. The summed E-state index contributed by atoms with van der Waals surface area (Å²) in [5.74, 6) is -0.347. The highest BCUT2D eigenvalue weighted by Crippen LogP contribution is 1.87. The van der Waals surface area contributed by atoms with E-state index in [1.165, 1.54) is 19.2 Å². The summed E-state index contributed by atoms with van der Waals surface area (Å²) in [6, 6.07) is 2.47. The maximum absolute atomic E-state index is 10.2. The van der Waals surface area contributed by atoms with Crippen LogP contribution in [-0.4, -0.2) is 13.1 Å². The zero-order valence-electron chi connectivity index (χ0n) is 6.42. The van der Waals surface area contributed by atoms with Gasteiger partial charge in [-0.05, 0) is 6.92 Å². The summed E-state index contributed by atoms with van der Waals surface area (Å²) in [7, 11) is 1.33. The summed E-state index contributed by atoms with van der Waals surface area (Å²) in [5.41, 5.74) is 0.433. The molecule has 0 rings (SSSR count). The third-order valence-corrected chi connectivity index (χ3v) is 0.584. The molecule has 0 saturated carbocycles. The van der Waals surface area contributed by atoms with E-state index in [1.54, 1.807) is 6.92 Å². The van der Waals surface area contributed by atoms with Crippen LogP contribution in [0.25, 0.3) is 0 Å². The average molecular weight is 152 g/mol. The van der Waals surface area contributed by atoms with Gasteiger partial charge in [0.25, 0.3) is 0 Å². The molecule has 0 saturated heterocycles. The number of carbonyl (C=O) groups excluding carboxylic acids is 1. The first-order chi connectivity index (χ1) is 5.09. The van der Waals surface area contributed by atoms with E-state index in [9.17, 15) is 4.79 Å². The van der Waals surface area contributed by atoms with E-state index >= 15 is 0 Å². The molecule has 0 aliphatic carbocycles. The van der Waals surface area contributed by atoms with E-state index in [2.05, 4.69) is 11.3 Å². The highest BCUT2D eigenvalue weighted by atomic mass is 16.5. The second kappa shape index (κ2) is 8.19. The van der Waals surface area contributed by atoms with Crippen LogP contribution in [0.3, 0.4) is 0 Å². The van der Waals surface area contributed by atoms with E-state index in [0.29, 0.717) is 5.57 Å². The second-order valence-electron chi connectivity index (χ2n) is 1.50. The molecule has 58 valence electrons. The molecule has 4 heteroatoms. The van der Waals surface area contributed by atoms with Crippen LogP contribution in [-0.2, 0) is 9.53 Å². The number of ether oxygens (including phenoxy) is 1. The van der Waals surface area contributed by atoms with Gasteiger partial charge in [-0.3, -0.25) is 0 Å². The maximum Gasteiger partial charge on any atom is 0.332 e. The normalized spacial score (nSPS) is 5.82. The predicted octanol–water partition coefficient (Wildman–Crippen LogP) is 0.769. The molecule has 0 radical (unpaired) electrons. The Hall–Kier alpha value is -1.81. The van der Waals surface area contributed by atoms with Crippen LogP contribution in [0.5, 0.6) is 0 Å². The summed E-state index contributed by atoms with van der Waals surface area (Å²) >= 11 is 0. The van der Waals surface area contributed by atoms with E-state index in [0.717, 1.165) is 0 Å². The van der Waals surface area contributed by atoms with Crippen LogP contribution in [0.15, 0.2) is 12.2 Å². The van der Waals surface area contributed by atoms with Crippen molar-refractivity contribution in [3.05, 3.63) is 12.2 Å². The average Bonchev–Trinajstić information content (AvgIpc) is 2.03. The molecule has 0 bridgehead atoms. The Morgan fingerprint density at radius 1 is 1.45 bits per heavy atom. The highest BCUT2D eigenvalue weighted by molar-refractivity contribution is 5.86. The number of methoxy groups -OCH3 is 1. The minimum Gasteiger partial charge on any atom is -0.466 e. The number of hydrogen-bond donors (Lipinski definition) is 0. The summed E-state index contributed by atoms with van der Waals surface area (Å²) in [6.07, 6.45) is 0. The summed E-state index contributed by atoms with van der Waals surface area (Å²) in [6.45, 7) is 4.95. The number of esters is 1. The van der Waals surface area contributed by atoms with Gasteiger partial charge in [0.15, 0.2) is 12.1 Å². The molecule has 0 N–H and O–H groups in total. The van der Waals surface area contributed by atoms with Crippen molar-refractivity contribution in [3.8, 4) is 12.1 Å². The number of hydrogen-bond acceptors (Lipinski definition) is 4. The van der Waals surface area contributed by atoms with Gasteiger partial charge in [0.05, 0.1) is 7.11 Å². The largest absolute Gasteiger partial charge is 0.466 e. The minimum absolute atomic E-state index is 0.347. The lowest BCUT2D eigenvalue weighted by Gasteiger charge is -1.91. The van der Waals surface area contributed by atoms with Crippen molar-refractivity contribution < 1.29 is 9.53 Å². The van der Waals surface area contributed by atoms with Crippen LogP contribution in [0.1, 0.15) is 6.92 Å². The van der Waals surface area contributed by atoms with Crippen molar-refractivity contribution in [2.24, 2.45) is 0 Å². The minimum atomic E-state index is -0.347. The molecule has 0 amide bonds. The fourth-order valence-electron chi connectivity index (χ4n) is 0.174. The van der Waals surface area contributed by atoms with E-state index in [1.807, 2.05) is 0 Å². The Bertz CT molecular complexity index is 208. The van der Waals surface area contributed by atoms with Crippen LogP contribution in [0.2, 0.25) is 0 Å². The number of nitrogens with zero attached hydrogens (tertiary/aromatic N) is 2. The zero-order valence-corrected chi connectivity index (χ0v) is 6.42. The smallest absolute Gasteiger partial charge is 0.332 e. The summed E-state index contributed by atoms with van der Waals surface area (Å²) < 4.78 is 4.27. The van der Waals surface area contributed by atoms with Crippen molar-refractivity contribution in [2.75, 3.05) is 7.11 Å². The molecule has 0 heterocycles. The van der Waals surface area contributed by atoms with Gasteiger partial charge < -0.3 is 4.74 Å². The van der Waals surface area contributed by atoms with Crippen molar-refractivity contribution in [2.45, 2.75) is 6.92 Å². The Kier molecular flexibility index (Phi) is 8.88. The lowest BCUT2D eigenvalue weighted by Crippen LogP contribution is -1.98. The van der Waals surface area contributed by atoms with Crippen LogP contribution in [0.4, 0.5) is 0 Å². The highest BCUT2D eigenvalue weighted by Gasteiger charge is 1.95. The Labute approximate surface area is 65.3 Å². The second-order valence-corrected chi connectivity index (χ2v) is 1.50. The van der Waals surface area contributed by atoms with Gasteiger partial charge in [0.1, 0.15) is 0 Å². The molecule has 0 spiro atoms. The molecule has 0 aromatic heterocycles. The zero-order chi connectivity index (χ0) is 9.28. The van der Waals surface area contributed by atoms with Gasteiger partial charge in [-0.25, -0.2) is 4.79 Å². The lowest BCUT2D eigenvalue weighted by molar-refractivity contribution is -0.136. The van der Waals surface area contributed by atoms with Gasteiger partial charge in [-0.1, -0.05) is 6.58 Å². The molecular weight excluding hydrogens is 144 g/mol. The third kappa shape index (κ3) is 11.7. The number of rotatable bonds is 1. The Morgan fingerprint density at radius 3 is 1.82 bits per heavy atom.